The van der Waals surface area contributed by atoms with Crippen LogP contribution >= 0.6 is 28.1 Å². The smallest absolute Gasteiger partial charge is 0.255 e. The average Bonchev–Trinajstić information content (AvgIpc) is 2.88. The first-order chi connectivity index (χ1) is 9.48. The number of carbonyl (C=O) groups excluding carboxylic acids is 1. The minimum Gasteiger partial charge on any atom is -0.496 e. The van der Waals surface area contributed by atoms with Crippen LogP contribution in [0.4, 0.5) is 0 Å². The van der Waals surface area contributed by atoms with Crippen LogP contribution in [0.2, 0.25) is 0 Å². The van der Waals surface area contributed by atoms with Gasteiger partial charge in [0.15, 0.2) is 0 Å². The third-order valence-electron chi connectivity index (χ3n) is 3.69. The summed E-state index contributed by atoms with van der Waals surface area (Å²) in [7, 11) is 1.54. The van der Waals surface area contributed by atoms with Gasteiger partial charge in [0.2, 0.25) is 0 Å². The number of methoxy groups -OCH3 is 1. The van der Waals surface area contributed by atoms with Gasteiger partial charge in [-0.05, 0) is 31.0 Å². The van der Waals surface area contributed by atoms with Gasteiger partial charge in [-0.1, -0.05) is 41.0 Å². The highest BCUT2D eigenvalue weighted by molar-refractivity contribution is 9.10. The van der Waals surface area contributed by atoms with Crippen molar-refractivity contribution in [2.45, 2.75) is 31.2 Å². The van der Waals surface area contributed by atoms with E-state index in [0.717, 1.165) is 30.2 Å². The van der Waals surface area contributed by atoms with Crippen molar-refractivity contribution < 1.29 is 9.53 Å². The van der Waals surface area contributed by atoms with E-state index < -0.39 is 5.54 Å². The normalized spacial score (nSPS) is 16.7. The second kappa shape index (κ2) is 6.10. The summed E-state index contributed by atoms with van der Waals surface area (Å²) >= 11 is 8.50. The number of nitrogens with one attached hydrogen (secondary N) is 1. The molecule has 0 bridgehead atoms. The van der Waals surface area contributed by atoms with E-state index in [-0.39, 0.29) is 5.91 Å². The molecule has 0 atom stereocenters. The molecule has 3 N–H and O–H groups in total. The number of nitrogens with two attached hydrogens (primary N) is 1. The number of halogens is 1. The van der Waals surface area contributed by atoms with Crippen LogP contribution in [0, 0.1) is 0 Å². The first kappa shape index (κ1) is 15.3. The number of hydrogen-bond donors (Lipinski definition) is 2. The molecule has 0 saturated heterocycles. The highest BCUT2D eigenvalue weighted by atomic mass is 79.9. The molecular weight excluding hydrogens is 340 g/mol. The molecule has 0 aliphatic heterocycles. The SMILES string of the molecule is COc1cc(Br)ccc1C(=O)NC1(C(N)=S)CCCC1. The van der Waals surface area contributed by atoms with Gasteiger partial charge >= 0.3 is 0 Å². The number of hydrogen-bond acceptors (Lipinski definition) is 3. The van der Waals surface area contributed by atoms with Gasteiger partial charge in [0.1, 0.15) is 5.75 Å². The van der Waals surface area contributed by atoms with Crippen molar-refractivity contribution in [2.24, 2.45) is 5.73 Å². The van der Waals surface area contributed by atoms with E-state index in [2.05, 4.69) is 21.2 Å². The molecule has 20 heavy (non-hydrogen) atoms. The van der Waals surface area contributed by atoms with Gasteiger partial charge < -0.3 is 15.8 Å². The molecule has 108 valence electrons. The molecule has 1 amide bonds. The second-order valence-electron chi connectivity index (χ2n) is 4.95. The Morgan fingerprint density at radius 2 is 2.10 bits per heavy atom. The lowest BCUT2D eigenvalue weighted by Crippen LogP contribution is -2.54. The minimum absolute atomic E-state index is 0.205. The third kappa shape index (κ3) is 2.96. The zero-order chi connectivity index (χ0) is 14.8. The number of benzene rings is 1. The maximum Gasteiger partial charge on any atom is 0.255 e. The van der Waals surface area contributed by atoms with Gasteiger partial charge in [-0.25, -0.2) is 0 Å². The maximum atomic E-state index is 12.5. The summed E-state index contributed by atoms with van der Waals surface area (Å²) in [6.07, 6.45) is 3.64. The predicted octanol–water partition coefficient (Wildman–Crippen LogP) is 2.79. The number of amides is 1. The van der Waals surface area contributed by atoms with Gasteiger partial charge in [0.25, 0.3) is 5.91 Å². The Balaban J connectivity index is 2.26. The first-order valence-corrected chi connectivity index (χ1v) is 7.64. The molecule has 1 saturated carbocycles. The molecule has 1 fully saturated rings. The second-order valence-corrected chi connectivity index (χ2v) is 6.31. The minimum atomic E-state index is -0.551. The largest absolute Gasteiger partial charge is 0.496 e. The molecule has 1 aliphatic rings. The Bertz CT molecular complexity index is 542. The van der Waals surface area contributed by atoms with Crippen molar-refractivity contribution in [3.05, 3.63) is 28.2 Å². The number of rotatable bonds is 4. The molecule has 1 aliphatic carbocycles. The summed E-state index contributed by atoms with van der Waals surface area (Å²) in [6, 6.07) is 5.29. The summed E-state index contributed by atoms with van der Waals surface area (Å²) in [6.45, 7) is 0. The molecule has 1 aromatic carbocycles. The van der Waals surface area contributed by atoms with Crippen molar-refractivity contribution in [2.75, 3.05) is 7.11 Å². The molecule has 0 heterocycles. The topological polar surface area (TPSA) is 64.3 Å². The van der Waals surface area contributed by atoms with Gasteiger partial charge in [-0.3, -0.25) is 4.79 Å². The number of thiocarbonyl (C=S) groups is 1. The molecular formula is C14H17BrN2O2S. The Labute approximate surface area is 132 Å². The maximum absolute atomic E-state index is 12.5. The van der Waals surface area contributed by atoms with Gasteiger partial charge in [0.05, 0.1) is 23.2 Å². The zero-order valence-corrected chi connectivity index (χ0v) is 13.6. The molecule has 6 heteroatoms. The summed E-state index contributed by atoms with van der Waals surface area (Å²) in [5.41, 5.74) is 5.77. The van der Waals surface area contributed by atoms with Crippen molar-refractivity contribution >= 4 is 39.0 Å². The van der Waals surface area contributed by atoms with Crippen LogP contribution < -0.4 is 15.8 Å². The third-order valence-corrected chi connectivity index (χ3v) is 4.57. The Morgan fingerprint density at radius 3 is 2.65 bits per heavy atom. The quantitative estimate of drug-likeness (QED) is 0.814. The summed E-state index contributed by atoms with van der Waals surface area (Å²) in [5, 5.41) is 3.00. The van der Waals surface area contributed by atoms with E-state index in [0.29, 0.717) is 16.3 Å². The van der Waals surface area contributed by atoms with Gasteiger partial charge in [-0.15, -0.1) is 0 Å². The van der Waals surface area contributed by atoms with Crippen LogP contribution in [0.5, 0.6) is 5.75 Å². The Hall–Kier alpha value is -1.14. The predicted molar refractivity (Wildman–Crippen MR) is 86.1 cm³/mol. The van der Waals surface area contributed by atoms with E-state index in [9.17, 15) is 4.79 Å². The fourth-order valence-corrected chi connectivity index (χ4v) is 3.14. The highest BCUT2D eigenvalue weighted by Gasteiger charge is 2.38. The molecule has 4 nitrogen and oxygen atoms in total. The molecule has 0 unspecified atom stereocenters. The van der Waals surface area contributed by atoms with E-state index >= 15 is 0 Å². The number of carbonyl (C=O) groups is 1. The summed E-state index contributed by atoms with van der Waals surface area (Å²) in [4.78, 5) is 12.8. The Kier molecular flexibility index (Phi) is 4.65. The monoisotopic (exact) mass is 356 g/mol. The van der Waals surface area contributed by atoms with Crippen molar-refractivity contribution in [3.63, 3.8) is 0 Å². The average molecular weight is 357 g/mol. The zero-order valence-electron chi connectivity index (χ0n) is 11.2. The fraction of sp³-hybridized carbons (Fsp3) is 0.429. The fourth-order valence-electron chi connectivity index (χ4n) is 2.55. The standard InChI is InChI=1S/C14H17BrN2O2S/c1-19-11-8-9(15)4-5-10(11)12(18)17-14(13(16)20)6-2-3-7-14/h4-5,8H,2-3,6-7H2,1H3,(H2,16,20)(H,17,18). The lowest BCUT2D eigenvalue weighted by atomic mass is 9.97. The molecule has 2 rings (SSSR count). The molecule has 1 aromatic rings. The number of ether oxygens (including phenoxy) is 1. The van der Waals surface area contributed by atoms with Gasteiger partial charge in [-0.2, -0.15) is 0 Å². The van der Waals surface area contributed by atoms with Crippen molar-refractivity contribution in [1.29, 1.82) is 0 Å². The Morgan fingerprint density at radius 1 is 1.45 bits per heavy atom. The van der Waals surface area contributed by atoms with Crippen LogP contribution in [-0.4, -0.2) is 23.5 Å². The summed E-state index contributed by atoms with van der Waals surface area (Å²) in [5.74, 6) is 0.317. The van der Waals surface area contributed by atoms with Crippen LogP contribution in [0.1, 0.15) is 36.0 Å². The van der Waals surface area contributed by atoms with Crippen LogP contribution in [-0.2, 0) is 0 Å². The lowest BCUT2D eigenvalue weighted by molar-refractivity contribution is 0.0921. The van der Waals surface area contributed by atoms with E-state index in [1.807, 2.05) is 0 Å². The first-order valence-electron chi connectivity index (χ1n) is 6.44. The molecule has 0 radical (unpaired) electrons. The van der Waals surface area contributed by atoms with Crippen LogP contribution in [0.25, 0.3) is 0 Å². The van der Waals surface area contributed by atoms with Gasteiger partial charge in [0, 0.05) is 4.47 Å². The van der Waals surface area contributed by atoms with E-state index in [1.54, 1.807) is 18.2 Å². The van der Waals surface area contributed by atoms with E-state index in [4.69, 9.17) is 22.7 Å². The summed E-state index contributed by atoms with van der Waals surface area (Å²) < 4.78 is 6.11. The van der Waals surface area contributed by atoms with Crippen molar-refractivity contribution in [1.82, 2.24) is 5.32 Å². The molecule has 0 aromatic heterocycles. The van der Waals surface area contributed by atoms with Crippen molar-refractivity contribution in [3.8, 4) is 5.75 Å². The highest BCUT2D eigenvalue weighted by Crippen LogP contribution is 2.31. The lowest BCUT2D eigenvalue weighted by Gasteiger charge is -2.29. The van der Waals surface area contributed by atoms with Crippen LogP contribution in [0.3, 0.4) is 0 Å². The van der Waals surface area contributed by atoms with E-state index in [1.165, 1.54) is 7.11 Å². The molecule has 0 spiro atoms. The van der Waals surface area contributed by atoms with Crippen LogP contribution in [0.15, 0.2) is 22.7 Å².